The highest BCUT2D eigenvalue weighted by Crippen LogP contribution is 2.60. The van der Waals surface area contributed by atoms with Gasteiger partial charge in [-0.05, 0) is 17.4 Å². The minimum atomic E-state index is -4.72. The van der Waals surface area contributed by atoms with Crippen molar-refractivity contribution in [1.82, 2.24) is 0 Å². The molecule has 1 aromatic rings. The molecule has 0 aromatic heterocycles. The van der Waals surface area contributed by atoms with Gasteiger partial charge in [0.2, 0.25) is 0 Å². The molecule has 0 radical (unpaired) electrons. The molecule has 0 aliphatic heterocycles. The van der Waals surface area contributed by atoms with E-state index >= 15 is 0 Å². The van der Waals surface area contributed by atoms with E-state index in [0.717, 1.165) is 12.1 Å². The number of benzene rings is 1. The van der Waals surface area contributed by atoms with Gasteiger partial charge in [0.05, 0.1) is 11.5 Å². The fourth-order valence-electron chi connectivity index (χ4n) is 2.85. The Labute approximate surface area is 150 Å². The predicted octanol–water partition coefficient (Wildman–Crippen LogP) is 5.71. The van der Waals surface area contributed by atoms with Gasteiger partial charge in [0.25, 0.3) is 0 Å². The molecule has 0 saturated heterocycles. The van der Waals surface area contributed by atoms with Crippen LogP contribution in [0.3, 0.4) is 0 Å². The van der Waals surface area contributed by atoms with Gasteiger partial charge in [-0.3, -0.25) is 4.79 Å². The number of rotatable bonds is 4. The summed E-state index contributed by atoms with van der Waals surface area (Å²) >= 11 is 5.19. The van der Waals surface area contributed by atoms with Gasteiger partial charge in [0, 0.05) is 5.56 Å². The molecule has 9 heteroatoms. The molecule has 1 saturated carbocycles. The molecule has 0 heterocycles. The molecule has 2 nitrogen and oxygen atoms in total. The molecule has 2 unspecified atom stereocenters. The quantitative estimate of drug-likeness (QED) is 0.478. The average Bonchev–Trinajstić information content (AvgIpc) is 3.04. The number of allylic oxidation sites excluding steroid dienone is 2. The van der Waals surface area contributed by atoms with Crippen LogP contribution in [-0.2, 0) is 22.3 Å². The summed E-state index contributed by atoms with van der Waals surface area (Å²) in [6.07, 6.45) is -8.58. The third-order valence-electron chi connectivity index (χ3n) is 4.45. The topological polar surface area (TPSA) is 26.3 Å². The van der Waals surface area contributed by atoms with Crippen molar-refractivity contribution >= 4 is 17.6 Å². The molecular formula is C17H15ClF6O2. The van der Waals surface area contributed by atoms with Crippen LogP contribution in [-0.4, -0.2) is 12.1 Å². The fraction of sp³-hybridized carbons (Fsp3) is 0.471. The van der Waals surface area contributed by atoms with Crippen LogP contribution in [0.1, 0.15) is 25.0 Å². The minimum absolute atomic E-state index is 0.229. The van der Waals surface area contributed by atoms with E-state index in [0.29, 0.717) is 0 Å². The lowest BCUT2D eigenvalue weighted by atomic mass is 10.1. The van der Waals surface area contributed by atoms with Gasteiger partial charge >= 0.3 is 18.3 Å². The molecule has 1 aliphatic carbocycles. The van der Waals surface area contributed by atoms with Crippen LogP contribution in [0.4, 0.5) is 26.3 Å². The second-order valence-electron chi connectivity index (χ2n) is 6.60. The largest absolute Gasteiger partial charge is 0.461 e. The number of alkyl halides is 6. The summed E-state index contributed by atoms with van der Waals surface area (Å²) in [6.45, 7) is 2.50. The Morgan fingerprint density at radius 3 is 2.31 bits per heavy atom. The summed E-state index contributed by atoms with van der Waals surface area (Å²) in [5.74, 6) is -2.57. The third kappa shape index (κ3) is 4.34. The lowest BCUT2D eigenvalue weighted by molar-refractivity contribution is -0.149. The normalized spacial score (nSPS) is 22.9. The van der Waals surface area contributed by atoms with Crippen molar-refractivity contribution in [1.29, 1.82) is 0 Å². The Morgan fingerprint density at radius 1 is 1.19 bits per heavy atom. The summed E-state index contributed by atoms with van der Waals surface area (Å²) < 4.78 is 81.2. The van der Waals surface area contributed by atoms with Crippen LogP contribution in [0.25, 0.3) is 0 Å². The Hall–Kier alpha value is -1.70. The SMILES string of the molecule is CC1(C)C(C=C(Cl)C(F)(F)F)C1C(=O)OCc1ccccc1C(F)(F)F. The zero-order valence-corrected chi connectivity index (χ0v) is 14.5. The number of ether oxygens (including phenoxy) is 1. The van der Waals surface area contributed by atoms with Gasteiger partial charge in [-0.2, -0.15) is 26.3 Å². The standard InChI is InChI=1S/C17H15ClF6O2/c1-15(2)11(7-12(18)17(22,23)24)13(15)14(25)26-8-9-5-3-4-6-10(9)16(19,20)21/h3-7,11,13H,8H2,1-2H3. The van der Waals surface area contributed by atoms with Crippen LogP contribution in [0.15, 0.2) is 35.4 Å². The van der Waals surface area contributed by atoms with E-state index < -0.39 is 52.8 Å². The second kappa shape index (κ2) is 6.79. The monoisotopic (exact) mass is 400 g/mol. The fourth-order valence-corrected chi connectivity index (χ4v) is 2.99. The van der Waals surface area contributed by atoms with Crippen molar-refractivity contribution in [2.45, 2.75) is 32.8 Å². The molecule has 0 amide bonds. The van der Waals surface area contributed by atoms with E-state index in [9.17, 15) is 31.1 Å². The molecule has 144 valence electrons. The van der Waals surface area contributed by atoms with E-state index in [1.165, 1.54) is 18.2 Å². The number of carbonyl (C=O) groups excluding carboxylic acids is 1. The predicted molar refractivity (Wildman–Crippen MR) is 82.0 cm³/mol. The number of hydrogen-bond donors (Lipinski definition) is 0. The van der Waals surface area contributed by atoms with E-state index in [2.05, 4.69) is 0 Å². The maximum Gasteiger partial charge on any atom is 0.426 e. The van der Waals surface area contributed by atoms with Gasteiger partial charge in [-0.15, -0.1) is 0 Å². The summed E-state index contributed by atoms with van der Waals surface area (Å²) in [4.78, 5) is 12.1. The maximum absolute atomic E-state index is 12.9. The molecule has 1 aromatic carbocycles. The Morgan fingerprint density at radius 2 is 1.77 bits per heavy atom. The van der Waals surface area contributed by atoms with Crippen molar-refractivity contribution in [3.8, 4) is 0 Å². The minimum Gasteiger partial charge on any atom is -0.461 e. The van der Waals surface area contributed by atoms with Crippen LogP contribution < -0.4 is 0 Å². The Balaban J connectivity index is 2.08. The van der Waals surface area contributed by atoms with Gasteiger partial charge < -0.3 is 4.74 Å². The first-order valence-electron chi connectivity index (χ1n) is 7.52. The highest BCUT2D eigenvalue weighted by atomic mass is 35.5. The van der Waals surface area contributed by atoms with Crippen LogP contribution >= 0.6 is 11.6 Å². The van der Waals surface area contributed by atoms with E-state index in [-0.39, 0.29) is 5.56 Å². The average molecular weight is 401 g/mol. The van der Waals surface area contributed by atoms with E-state index in [1.807, 2.05) is 0 Å². The lowest BCUT2D eigenvalue weighted by Gasteiger charge is -2.13. The first-order valence-corrected chi connectivity index (χ1v) is 7.90. The van der Waals surface area contributed by atoms with Crippen molar-refractivity contribution in [3.63, 3.8) is 0 Å². The first-order chi connectivity index (χ1) is 11.8. The number of carbonyl (C=O) groups is 1. The molecule has 0 spiro atoms. The van der Waals surface area contributed by atoms with Crippen molar-refractivity contribution in [2.75, 3.05) is 0 Å². The number of hydrogen-bond acceptors (Lipinski definition) is 2. The first kappa shape index (κ1) is 20.6. The lowest BCUT2D eigenvalue weighted by Crippen LogP contribution is -2.14. The van der Waals surface area contributed by atoms with Crippen molar-refractivity contribution < 1.29 is 35.9 Å². The van der Waals surface area contributed by atoms with Crippen molar-refractivity contribution in [3.05, 3.63) is 46.5 Å². The molecule has 0 N–H and O–H groups in total. The zero-order chi connectivity index (χ0) is 19.9. The van der Waals surface area contributed by atoms with Crippen molar-refractivity contribution in [2.24, 2.45) is 17.3 Å². The smallest absolute Gasteiger partial charge is 0.426 e. The zero-order valence-electron chi connectivity index (χ0n) is 13.7. The Bertz CT molecular complexity index is 721. The Kier molecular flexibility index (Phi) is 5.38. The van der Waals surface area contributed by atoms with Gasteiger partial charge in [-0.1, -0.05) is 49.7 Å². The number of esters is 1. The third-order valence-corrected chi connectivity index (χ3v) is 4.79. The molecule has 1 aliphatic rings. The van der Waals surface area contributed by atoms with Crippen LogP contribution in [0.5, 0.6) is 0 Å². The van der Waals surface area contributed by atoms with Gasteiger partial charge in [-0.25, -0.2) is 0 Å². The molecule has 0 bridgehead atoms. The summed E-state index contributed by atoms with van der Waals surface area (Å²) in [7, 11) is 0. The van der Waals surface area contributed by atoms with E-state index in [4.69, 9.17) is 16.3 Å². The maximum atomic E-state index is 12.9. The second-order valence-corrected chi connectivity index (χ2v) is 7.01. The summed E-state index contributed by atoms with van der Waals surface area (Å²) in [5.41, 5.74) is -1.99. The number of halogens is 7. The van der Waals surface area contributed by atoms with Crippen LogP contribution in [0.2, 0.25) is 0 Å². The van der Waals surface area contributed by atoms with E-state index in [1.54, 1.807) is 13.8 Å². The van der Waals surface area contributed by atoms with Crippen LogP contribution in [0, 0.1) is 17.3 Å². The highest BCUT2D eigenvalue weighted by molar-refractivity contribution is 6.30. The summed E-state index contributed by atoms with van der Waals surface area (Å²) in [5, 5.41) is -1.34. The van der Waals surface area contributed by atoms with Gasteiger partial charge in [0.15, 0.2) is 0 Å². The molecule has 2 atom stereocenters. The summed E-state index contributed by atoms with van der Waals surface area (Å²) in [6, 6.07) is 4.61. The molecular weight excluding hydrogens is 386 g/mol. The molecule has 26 heavy (non-hydrogen) atoms. The van der Waals surface area contributed by atoms with Gasteiger partial charge in [0.1, 0.15) is 11.6 Å². The highest BCUT2D eigenvalue weighted by Gasteiger charge is 2.62. The molecule has 1 fully saturated rings. The molecule has 2 rings (SSSR count).